The fourth-order valence-corrected chi connectivity index (χ4v) is 3.32. The number of rotatable bonds is 6. The van der Waals surface area contributed by atoms with Gasteiger partial charge in [-0.2, -0.15) is 5.10 Å². The number of aromatic nitrogens is 2. The number of nitrogens with zero attached hydrogens (tertiary/aromatic N) is 2. The molecule has 0 bridgehead atoms. The molecule has 1 aliphatic rings. The highest BCUT2D eigenvalue weighted by molar-refractivity contribution is 9.10. The lowest BCUT2D eigenvalue weighted by Crippen LogP contribution is -2.35. The first kappa shape index (κ1) is 15.7. The van der Waals surface area contributed by atoms with Gasteiger partial charge < -0.3 is 10.1 Å². The lowest BCUT2D eigenvalue weighted by molar-refractivity contribution is 0.0897. The fourth-order valence-electron chi connectivity index (χ4n) is 2.99. The van der Waals surface area contributed by atoms with Gasteiger partial charge in [0.25, 0.3) is 0 Å². The molecule has 0 spiro atoms. The normalized spacial score (nSPS) is 22.8. The summed E-state index contributed by atoms with van der Waals surface area (Å²) < 4.78 is 8.92. The van der Waals surface area contributed by atoms with Gasteiger partial charge in [-0.1, -0.05) is 30.3 Å². The molecule has 4 nitrogen and oxygen atoms in total. The highest BCUT2D eigenvalue weighted by atomic mass is 79.9. The summed E-state index contributed by atoms with van der Waals surface area (Å²) in [6, 6.07) is 10.9. The lowest BCUT2D eigenvalue weighted by Gasteiger charge is -2.22. The van der Waals surface area contributed by atoms with E-state index in [0.29, 0.717) is 12.0 Å². The van der Waals surface area contributed by atoms with E-state index < -0.39 is 0 Å². The molecule has 0 amide bonds. The van der Waals surface area contributed by atoms with Crippen molar-refractivity contribution in [1.82, 2.24) is 15.1 Å². The molecule has 1 fully saturated rings. The van der Waals surface area contributed by atoms with Crippen LogP contribution in [0.25, 0.3) is 0 Å². The molecule has 22 heavy (non-hydrogen) atoms. The average Bonchev–Trinajstić information content (AvgIpc) is 3.15. The Morgan fingerprint density at radius 3 is 2.95 bits per heavy atom. The molecule has 118 valence electrons. The number of nitrogens with one attached hydrogen (secondary N) is 1. The number of hydrogen-bond donors (Lipinski definition) is 1. The summed E-state index contributed by atoms with van der Waals surface area (Å²) in [6.07, 6.45) is 5.17. The first-order valence-corrected chi connectivity index (χ1v) is 8.59. The van der Waals surface area contributed by atoms with Gasteiger partial charge in [-0.15, -0.1) is 0 Å². The predicted molar refractivity (Wildman–Crippen MR) is 90.6 cm³/mol. The number of benzene rings is 1. The van der Waals surface area contributed by atoms with Crippen LogP contribution in [0.5, 0.6) is 0 Å². The van der Waals surface area contributed by atoms with E-state index in [1.807, 2.05) is 17.1 Å². The van der Waals surface area contributed by atoms with Crippen LogP contribution in [0.4, 0.5) is 0 Å². The first-order chi connectivity index (χ1) is 10.7. The van der Waals surface area contributed by atoms with Gasteiger partial charge in [-0.05, 0) is 34.8 Å². The van der Waals surface area contributed by atoms with Gasteiger partial charge in [0.2, 0.25) is 0 Å². The number of ether oxygens (including phenoxy) is 1. The summed E-state index contributed by atoms with van der Waals surface area (Å²) in [4.78, 5) is 0. The first-order valence-electron chi connectivity index (χ1n) is 7.80. The molecule has 2 heterocycles. The van der Waals surface area contributed by atoms with Crippen LogP contribution in [0.2, 0.25) is 0 Å². The van der Waals surface area contributed by atoms with Gasteiger partial charge in [0.15, 0.2) is 0 Å². The second kappa shape index (κ2) is 7.40. The SMILES string of the molecule is C[C@H](Cn1cc(Br)cn1)NC[C@H]1CCO[C@@H]1c1ccccc1. The van der Waals surface area contributed by atoms with Crippen molar-refractivity contribution in [2.45, 2.75) is 32.0 Å². The van der Waals surface area contributed by atoms with Crippen molar-refractivity contribution >= 4 is 15.9 Å². The Labute approximate surface area is 140 Å². The van der Waals surface area contributed by atoms with Crippen molar-refractivity contribution in [2.24, 2.45) is 5.92 Å². The van der Waals surface area contributed by atoms with E-state index >= 15 is 0 Å². The topological polar surface area (TPSA) is 39.1 Å². The number of hydrogen-bond acceptors (Lipinski definition) is 3. The molecule has 1 aromatic carbocycles. The Morgan fingerprint density at radius 1 is 1.41 bits per heavy atom. The minimum absolute atomic E-state index is 0.222. The maximum Gasteiger partial charge on any atom is 0.0866 e. The van der Waals surface area contributed by atoms with Crippen molar-refractivity contribution in [3.05, 3.63) is 52.8 Å². The maximum atomic E-state index is 5.94. The van der Waals surface area contributed by atoms with Crippen molar-refractivity contribution in [3.63, 3.8) is 0 Å². The molecule has 1 N–H and O–H groups in total. The third-order valence-electron chi connectivity index (χ3n) is 4.13. The standard InChI is InChI=1S/C17H22BrN3O/c1-13(11-21-12-16(18)10-20-21)19-9-15-7-8-22-17(15)14-5-3-2-4-6-14/h2-6,10,12-13,15,17,19H,7-9,11H2,1H3/t13-,15-,17-/m1/s1. The molecule has 3 rings (SSSR count). The molecule has 1 aromatic heterocycles. The van der Waals surface area contributed by atoms with E-state index in [0.717, 1.165) is 30.6 Å². The van der Waals surface area contributed by atoms with E-state index in [1.54, 1.807) is 0 Å². The van der Waals surface area contributed by atoms with Crippen LogP contribution in [-0.4, -0.2) is 29.0 Å². The Morgan fingerprint density at radius 2 is 2.23 bits per heavy atom. The van der Waals surface area contributed by atoms with E-state index in [4.69, 9.17) is 4.74 Å². The predicted octanol–water partition coefficient (Wildman–Crippen LogP) is 3.40. The summed E-state index contributed by atoms with van der Waals surface area (Å²) >= 11 is 3.43. The molecule has 0 aliphatic carbocycles. The maximum absolute atomic E-state index is 5.94. The highest BCUT2D eigenvalue weighted by Gasteiger charge is 2.29. The minimum atomic E-state index is 0.222. The quantitative estimate of drug-likeness (QED) is 0.854. The van der Waals surface area contributed by atoms with E-state index in [1.165, 1.54) is 5.56 Å². The summed E-state index contributed by atoms with van der Waals surface area (Å²) in [6.45, 7) is 4.90. The third kappa shape index (κ3) is 3.97. The Bertz CT molecular complexity index is 587. The molecular weight excluding hydrogens is 342 g/mol. The number of halogens is 1. The van der Waals surface area contributed by atoms with Crippen LogP contribution >= 0.6 is 15.9 Å². The molecule has 5 heteroatoms. The molecule has 2 aromatic rings. The molecule has 1 aliphatic heterocycles. The average molecular weight is 364 g/mol. The Balaban J connectivity index is 1.52. The molecule has 1 saturated heterocycles. The van der Waals surface area contributed by atoms with Crippen LogP contribution in [0.1, 0.15) is 25.0 Å². The van der Waals surface area contributed by atoms with Crippen LogP contribution in [0.15, 0.2) is 47.2 Å². The molecule has 0 saturated carbocycles. The van der Waals surface area contributed by atoms with Crippen molar-refractivity contribution < 1.29 is 4.74 Å². The summed E-state index contributed by atoms with van der Waals surface area (Å²) in [5.74, 6) is 0.536. The largest absolute Gasteiger partial charge is 0.373 e. The van der Waals surface area contributed by atoms with Gasteiger partial charge in [0.1, 0.15) is 0 Å². The molecule has 0 radical (unpaired) electrons. The van der Waals surface area contributed by atoms with Gasteiger partial charge in [0.05, 0.1) is 23.3 Å². The second-order valence-corrected chi connectivity index (χ2v) is 6.86. The smallest absolute Gasteiger partial charge is 0.0866 e. The van der Waals surface area contributed by atoms with E-state index in [9.17, 15) is 0 Å². The molecule has 3 atom stereocenters. The summed E-state index contributed by atoms with van der Waals surface area (Å²) in [7, 11) is 0. The van der Waals surface area contributed by atoms with Gasteiger partial charge in [-0.3, -0.25) is 4.68 Å². The van der Waals surface area contributed by atoms with Crippen LogP contribution in [0.3, 0.4) is 0 Å². The van der Waals surface area contributed by atoms with E-state index in [-0.39, 0.29) is 6.10 Å². The Hall–Kier alpha value is -1.17. The molecule has 0 unspecified atom stereocenters. The minimum Gasteiger partial charge on any atom is -0.373 e. The Kier molecular flexibility index (Phi) is 5.28. The fraction of sp³-hybridized carbons (Fsp3) is 0.471. The van der Waals surface area contributed by atoms with Crippen LogP contribution in [-0.2, 0) is 11.3 Å². The zero-order valence-corrected chi connectivity index (χ0v) is 14.4. The second-order valence-electron chi connectivity index (χ2n) is 5.94. The molecular formula is C17H22BrN3O. The lowest BCUT2D eigenvalue weighted by atomic mass is 9.95. The summed E-state index contributed by atoms with van der Waals surface area (Å²) in [5.41, 5.74) is 1.29. The van der Waals surface area contributed by atoms with E-state index in [2.05, 4.69) is 63.6 Å². The van der Waals surface area contributed by atoms with Gasteiger partial charge in [0, 0.05) is 31.3 Å². The highest BCUT2D eigenvalue weighted by Crippen LogP contribution is 2.33. The zero-order chi connectivity index (χ0) is 15.4. The van der Waals surface area contributed by atoms with Crippen molar-refractivity contribution in [3.8, 4) is 0 Å². The third-order valence-corrected chi connectivity index (χ3v) is 4.54. The van der Waals surface area contributed by atoms with Crippen molar-refractivity contribution in [2.75, 3.05) is 13.2 Å². The van der Waals surface area contributed by atoms with Gasteiger partial charge >= 0.3 is 0 Å². The zero-order valence-electron chi connectivity index (χ0n) is 12.8. The van der Waals surface area contributed by atoms with Gasteiger partial charge in [-0.25, -0.2) is 0 Å². The van der Waals surface area contributed by atoms with Crippen LogP contribution in [0, 0.1) is 5.92 Å². The van der Waals surface area contributed by atoms with Crippen molar-refractivity contribution in [1.29, 1.82) is 0 Å². The monoisotopic (exact) mass is 363 g/mol. The summed E-state index contributed by atoms with van der Waals surface area (Å²) in [5, 5.41) is 7.93. The van der Waals surface area contributed by atoms with Crippen LogP contribution < -0.4 is 5.32 Å².